The van der Waals surface area contributed by atoms with E-state index >= 15 is 0 Å². The van der Waals surface area contributed by atoms with Crippen LogP contribution in [0.3, 0.4) is 0 Å². The first-order valence-corrected chi connectivity index (χ1v) is 10.5. The van der Waals surface area contributed by atoms with Gasteiger partial charge in [0.25, 0.3) is 5.91 Å². The number of hydrogen-bond donors (Lipinski definition) is 2. The molecule has 2 aliphatic rings. The number of nitrogens with zero attached hydrogens (tertiary/aromatic N) is 2. The molecule has 1 amide bonds. The van der Waals surface area contributed by atoms with Crippen molar-refractivity contribution in [1.29, 1.82) is 0 Å². The van der Waals surface area contributed by atoms with Crippen LogP contribution in [-0.4, -0.2) is 24.1 Å². The van der Waals surface area contributed by atoms with Crippen molar-refractivity contribution < 1.29 is 31.1 Å². The molecular weight excluding hydrogens is 478 g/mol. The second kappa shape index (κ2) is 8.07. The summed E-state index contributed by atoms with van der Waals surface area (Å²) < 4.78 is 84.0. The highest BCUT2D eigenvalue weighted by molar-refractivity contribution is 6.13. The number of carbonyl (C=O) groups is 1. The van der Waals surface area contributed by atoms with E-state index in [4.69, 9.17) is 0 Å². The SMILES string of the molecule is O=C1c2cc(F)c(C(F)(F)F)cc2N2CN1c1ccc(=O)[nH]c1NCCCc1c2ccc(F)c1F. The van der Waals surface area contributed by atoms with E-state index in [9.17, 15) is 35.9 Å². The quantitative estimate of drug-likeness (QED) is 0.436. The fourth-order valence-electron chi connectivity index (χ4n) is 4.37. The second-order valence-electron chi connectivity index (χ2n) is 8.12. The summed E-state index contributed by atoms with van der Waals surface area (Å²) in [6.45, 7) is -0.211. The van der Waals surface area contributed by atoms with Crippen LogP contribution in [0.2, 0.25) is 0 Å². The Morgan fingerprint density at radius 3 is 2.34 bits per heavy atom. The fourth-order valence-corrected chi connectivity index (χ4v) is 4.37. The van der Waals surface area contributed by atoms with Gasteiger partial charge in [0, 0.05) is 23.9 Å². The summed E-state index contributed by atoms with van der Waals surface area (Å²) in [5, 5.41) is 2.95. The molecule has 0 atom stereocenters. The van der Waals surface area contributed by atoms with Gasteiger partial charge in [-0.05, 0) is 43.2 Å². The number of aromatic nitrogens is 1. The lowest BCUT2D eigenvalue weighted by Gasteiger charge is -2.39. The van der Waals surface area contributed by atoms with Gasteiger partial charge in [0.2, 0.25) is 5.56 Å². The molecule has 35 heavy (non-hydrogen) atoms. The van der Waals surface area contributed by atoms with Crippen molar-refractivity contribution in [1.82, 2.24) is 4.98 Å². The minimum absolute atomic E-state index is 0.00850. The molecule has 182 valence electrons. The molecule has 2 aromatic carbocycles. The van der Waals surface area contributed by atoms with Gasteiger partial charge >= 0.3 is 6.18 Å². The molecule has 0 saturated heterocycles. The van der Waals surface area contributed by atoms with Crippen LogP contribution in [0.1, 0.15) is 27.9 Å². The van der Waals surface area contributed by atoms with Gasteiger partial charge in [0.05, 0.1) is 22.5 Å². The van der Waals surface area contributed by atoms with Crippen LogP contribution in [0.15, 0.2) is 41.2 Å². The summed E-state index contributed by atoms with van der Waals surface area (Å²) in [5.74, 6) is -4.64. The summed E-state index contributed by atoms with van der Waals surface area (Å²) in [4.78, 5) is 30.1. The van der Waals surface area contributed by atoms with Crippen LogP contribution in [-0.2, 0) is 12.6 Å². The molecule has 2 bridgehead atoms. The van der Waals surface area contributed by atoms with Crippen molar-refractivity contribution in [3.05, 3.63) is 80.9 Å². The first-order chi connectivity index (χ1) is 16.6. The number of hydrogen-bond acceptors (Lipinski definition) is 4. The summed E-state index contributed by atoms with van der Waals surface area (Å²) >= 11 is 0. The zero-order valence-electron chi connectivity index (χ0n) is 17.8. The van der Waals surface area contributed by atoms with E-state index < -0.39 is 52.9 Å². The number of fused-ring (bicyclic) bond motifs is 8. The zero-order valence-corrected chi connectivity index (χ0v) is 17.8. The van der Waals surface area contributed by atoms with E-state index in [1.54, 1.807) is 0 Å². The maximum absolute atomic E-state index is 14.9. The molecule has 0 aliphatic carbocycles. The first kappa shape index (κ1) is 22.8. The number of carbonyl (C=O) groups excluding carboxylic acids is 1. The average Bonchev–Trinajstić information content (AvgIpc) is 2.81. The molecule has 3 heterocycles. The Bertz CT molecular complexity index is 1420. The van der Waals surface area contributed by atoms with Crippen LogP contribution in [0, 0.1) is 17.5 Å². The van der Waals surface area contributed by atoms with Crippen molar-refractivity contribution in [2.24, 2.45) is 0 Å². The van der Waals surface area contributed by atoms with E-state index in [2.05, 4.69) is 10.3 Å². The number of aromatic amines is 1. The van der Waals surface area contributed by atoms with Gasteiger partial charge < -0.3 is 15.2 Å². The number of rotatable bonds is 0. The third kappa shape index (κ3) is 3.78. The van der Waals surface area contributed by atoms with E-state index in [1.807, 2.05) is 0 Å². The Hall–Kier alpha value is -3.96. The third-order valence-corrected chi connectivity index (χ3v) is 6.00. The average molecular weight is 494 g/mol. The Morgan fingerprint density at radius 1 is 0.857 bits per heavy atom. The minimum atomic E-state index is -5.05. The van der Waals surface area contributed by atoms with Crippen LogP contribution < -0.4 is 20.7 Å². The van der Waals surface area contributed by atoms with Gasteiger partial charge in [-0.15, -0.1) is 0 Å². The van der Waals surface area contributed by atoms with Crippen molar-refractivity contribution in [2.75, 3.05) is 28.3 Å². The Morgan fingerprint density at radius 2 is 1.60 bits per heavy atom. The Labute approximate surface area is 193 Å². The Balaban J connectivity index is 1.81. The predicted molar refractivity (Wildman–Crippen MR) is 115 cm³/mol. The fraction of sp³-hybridized carbons (Fsp3) is 0.217. The zero-order chi connectivity index (χ0) is 25.1. The lowest BCUT2D eigenvalue weighted by atomic mass is 10.00. The highest BCUT2D eigenvalue weighted by Gasteiger charge is 2.40. The van der Waals surface area contributed by atoms with Crippen LogP contribution >= 0.6 is 0 Å². The highest BCUT2D eigenvalue weighted by atomic mass is 19.4. The van der Waals surface area contributed by atoms with E-state index in [-0.39, 0.29) is 47.8 Å². The van der Waals surface area contributed by atoms with Crippen molar-refractivity contribution in [2.45, 2.75) is 19.0 Å². The first-order valence-electron chi connectivity index (χ1n) is 10.5. The Kier molecular flexibility index (Phi) is 5.26. The normalized spacial score (nSPS) is 15.5. The number of H-pyrrole nitrogens is 1. The largest absolute Gasteiger partial charge is 0.419 e. The maximum atomic E-state index is 14.9. The lowest BCUT2D eigenvalue weighted by molar-refractivity contribution is -0.139. The number of benzene rings is 2. The molecule has 6 nitrogen and oxygen atoms in total. The number of amides is 1. The molecule has 12 heteroatoms. The van der Waals surface area contributed by atoms with E-state index in [0.717, 1.165) is 17.0 Å². The lowest BCUT2D eigenvalue weighted by Crippen LogP contribution is -2.46. The molecule has 0 fully saturated rings. The monoisotopic (exact) mass is 494 g/mol. The molecule has 5 rings (SSSR count). The van der Waals surface area contributed by atoms with Crippen LogP contribution in [0.5, 0.6) is 0 Å². The second-order valence-corrected chi connectivity index (χ2v) is 8.12. The molecular formula is C23H16F6N4O2. The van der Waals surface area contributed by atoms with Gasteiger partial charge in [0.15, 0.2) is 11.6 Å². The minimum Gasteiger partial charge on any atom is -0.370 e. The molecule has 1 aromatic heterocycles. The highest BCUT2D eigenvalue weighted by Crippen LogP contribution is 2.43. The van der Waals surface area contributed by atoms with Gasteiger partial charge in [-0.25, -0.2) is 13.2 Å². The molecule has 0 spiro atoms. The topological polar surface area (TPSA) is 68.4 Å². The summed E-state index contributed by atoms with van der Waals surface area (Å²) in [7, 11) is 0. The van der Waals surface area contributed by atoms with Gasteiger partial charge in [-0.1, -0.05) is 0 Å². The van der Waals surface area contributed by atoms with E-state index in [1.165, 1.54) is 17.0 Å². The molecule has 3 aromatic rings. The molecule has 0 saturated carbocycles. The standard InChI is InChI=1S/C23H16F6N4O2/c24-14-3-4-16-11(20(14)26)2-1-7-30-21-17(5-6-19(34)31-21)33-10-32(16)18-9-13(23(27,28)29)15(25)8-12(18)22(33)35/h3-6,8-9H,1-2,7,10H2,(H2,30,31,34). The molecule has 0 radical (unpaired) electrons. The smallest absolute Gasteiger partial charge is 0.370 e. The maximum Gasteiger partial charge on any atom is 0.419 e. The number of anilines is 4. The van der Waals surface area contributed by atoms with E-state index in [0.29, 0.717) is 12.1 Å². The van der Waals surface area contributed by atoms with Crippen molar-refractivity contribution in [3.63, 3.8) is 0 Å². The summed E-state index contributed by atoms with van der Waals surface area (Å²) in [5.41, 5.74) is -2.68. The predicted octanol–water partition coefficient (Wildman–Crippen LogP) is 4.93. The third-order valence-electron chi connectivity index (χ3n) is 6.00. The number of pyridine rings is 1. The van der Waals surface area contributed by atoms with Crippen molar-refractivity contribution >= 4 is 28.8 Å². The van der Waals surface area contributed by atoms with Gasteiger partial charge in [-0.3, -0.25) is 14.5 Å². The summed E-state index contributed by atoms with van der Waals surface area (Å²) in [6.07, 6.45) is -4.80. The number of halogens is 6. The molecule has 2 N–H and O–H groups in total. The molecule has 0 unspecified atom stereocenters. The number of alkyl halides is 3. The molecule has 2 aliphatic heterocycles. The van der Waals surface area contributed by atoms with Crippen LogP contribution in [0.4, 0.5) is 49.2 Å². The van der Waals surface area contributed by atoms with Gasteiger partial charge in [0.1, 0.15) is 18.3 Å². The number of nitrogens with one attached hydrogen (secondary N) is 2. The van der Waals surface area contributed by atoms with Crippen LogP contribution in [0.25, 0.3) is 0 Å². The van der Waals surface area contributed by atoms with Gasteiger partial charge in [-0.2, -0.15) is 13.2 Å². The summed E-state index contributed by atoms with van der Waals surface area (Å²) in [6, 6.07) is 5.53. The van der Waals surface area contributed by atoms with Crippen molar-refractivity contribution in [3.8, 4) is 0 Å².